The minimum Gasteiger partial charge on any atom is -0.341 e. The van der Waals surface area contributed by atoms with Gasteiger partial charge < -0.3 is 4.90 Å². The van der Waals surface area contributed by atoms with Gasteiger partial charge in [0.25, 0.3) is 0 Å². The second-order valence-corrected chi connectivity index (χ2v) is 6.99. The van der Waals surface area contributed by atoms with E-state index in [1.54, 1.807) is 17.0 Å². The van der Waals surface area contributed by atoms with Crippen molar-refractivity contribution in [2.24, 2.45) is 0 Å². The predicted octanol–water partition coefficient (Wildman–Crippen LogP) is 5.74. The highest BCUT2D eigenvalue weighted by atomic mass is 35.5. The number of aryl methyl sites for hydroxylation is 1. The van der Waals surface area contributed by atoms with E-state index in [1.807, 2.05) is 25.2 Å². The van der Waals surface area contributed by atoms with Crippen LogP contribution in [0.5, 0.6) is 0 Å². The molecule has 0 radical (unpaired) electrons. The van der Waals surface area contributed by atoms with Gasteiger partial charge in [-0.15, -0.1) is 0 Å². The molecule has 0 atom stereocenters. The van der Waals surface area contributed by atoms with Gasteiger partial charge in [0, 0.05) is 20.0 Å². The Hall–Kier alpha value is -2.03. The molecular formula is C21H19Cl2NO. The quantitative estimate of drug-likeness (QED) is 0.559. The van der Waals surface area contributed by atoms with Gasteiger partial charge in [-0.05, 0) is 40.5 Å². The van der Waals surface area contributed by atoms with Gasteiger partial charge in [-0.25, -0.2) is 0 Å². The van der Waals surface area contributed by atoms with Crippen LogP contribution >= 0.6 is 23.2 Å². The highest BCUT2D eigenvalue weighted by Gasteiger charge is 2.10. The summed E-state index contributed by atoms with van der Waals surface area (Å²) in [5, 5.41) is 3.46. The summed E-state index contributed by atoms with van der Waals surface area (Å²) in [5.74, 6) is 0.110. The van der Waals surface area contributed by atoms with Crippen molar-refractivity contribution < 1.29 is 4.79 Å². The summed E-state index contributed by atoms with van der Waals surface area (Å²) in [6, 6.07) is 20.0. The smallest absolute Gasteiger partial charge is 0.222 e. The van der Waals surface area contributed by atoms with Crippen molar-refractivity contribution in [3.8, 4) is 0 Å². The fraction of sp³-hybridized carbons (Fsp3) is 0.190. The van der Waals surface area contributed by atoms with Crippen LogP contribution in [-0.2, 0) is 17.8 Å². The van der Waals surface area contributed by atoms with Gasteiger partial charge in [-0.1, -0.05) is 71.7 Å². The van der Waals surface area contributed by atoms with Crippen LogP contribution in [0, 0.1) is 0 Å². The first-order chi connectivity index (χ1) is 12.0. The molecule has 25 heavy (non-hydrogen) atoms. The standard InChI is InChI=1S/C21H19Cl2NO/c1-24(14-16-7-10-19(22)20(23)13-16)21(25)11-8-15-6-9-17-4-2-3-5-18(17)12-15/h2-7,9-10,12-13H,8,11,14H2,1H3. The minimum absolute atomic E-state index is 0.110. The van der Waals surface area contributed by atoms with Crippen LogP contribution in [0.2, 0.25) is 10.0 Å². The second kappa shape index (κ2) is 7.90. The molecule has 0 saturated heterocycles. The molecule has 2 nitrogen and oxygen atoms in total. The lowest BCUT2D eigenvalue weighted by molar-refractivity contribution is -0.130. The Bertz CT molecular complexity index is 907. The van der Waals surface area contributed by atoms with E-state index in [0.29, 0.717) is 23.0 Å². The summed E-state index contributed by atoms with van der Waals surface area (Å²) in [7, 11) is 1.81. The number of benzene rings is 3. The summed E-state index contributed by atoms with van der Waals surface area (Å²) in [4.78, 5) is 14.1. The van der Waals surface area contributed by atoms with Crippen molar-refractivity contribution in [2.75, 3.05) is 7.05 Å². The van der Waals surface area contributed by atoms with E-state index >= 15 is 0 Å². The van der Waals surface area contributed by atoms with Crippen LogP contribution in [0.4, 0.5) is 0 Å². The molecule has 3 rings (SSSR count). The molecule has 0 heterocycles. The number of fused-ring (bicyclic) bond motifs is 1. The average molecular weight is 372 g/mol. The van der Waals surface area contributed by atoms with Gasteiger partial charge in [-0.3, -0.25) is 4.79 Å². The SMILES string of the molecule is CN(Cc1ccc(Cl)c(Cl)c1)C(=O)CCc1ccc2ccccc2c1. The third-order valence-electron chi connectivity index (χ3n) is 4.27. The topological polar surface area (TPSA) is 20.3 Å². The van der Waals surface area contributed by atoms with Crippen molar-refractivity contribution in [1.29, 1.82) is 0 Å². The molecule has 0 fully saturated rings. The van der Waals surface area contributed by atoms with E-state index in [0.717, 1.165) is 12.0 Å². The number of hydrogen-bond donors (Lipinski definition) is 0. The number of carbonyl (C=O) groups excluding carboxylic acids is 1. The molecule has 128 valence electrons. The summed E-state index contributed by atoms with van der Waals surface area (Å²) in [6.45, 7) is 0.521. The summed E-state index contributed by atoms with van der Waals surface area (Å²) >= 11 is 12.0. The Morgan fingerprint density at radius 3 is 2.36 bits per heavy atom. The largest absolute Gasteiger partial charge is 0.341 e. The Labute approximate surface area is 158 Å². The Morgan fingerprint density at radius 2 is 1.60 bits per heavy atom. The number of amides is 1. The summed E-state index contributed by atoms with van der Waals surface area (Å²) < 4.78 is 0. The zero-order valence-corrected chi connectivity index (χ0v) is 15.5. The summed E-state index contributed by atoms with van der Waals surface area (Å²) in [5.41, 5.74) is 2.14. The van der Waals surface area contributed by atoms with Gasteiger partial charge in [0.2, 0.25) is 5.91 Å². The highest BCUT2D eigenvalue weighted by Crippen LogP contribution is 2.23. The molecule has 0 aliphatic rings. The van der Waals surface area contributed by atoms with Gasteiger partial charge in [0.05, 0.1) is 10.0 Å². The van der Waals surface area contributed by atoms with Crippen LogP contribution in [0.1, 0.15) is 17.5 Å². The predicted molar refractivity (Wildman–Crippen MR) is 105 cm³/mol. The van der Waals surface area contributed by atoms with E-state index in [4.69, 9.17) is 23.2 Å². The van der Waals surface area contributed by atoms with Gasteiger partial charge in [-0.2, -0.15) is 0 Å². The number of hydrogen-bond acceptors (Lipinski definition) is 1. The van der Waals surface area contributed by atoms with Gasteiger partial charge in [0.15, 0.2) is 0 Å². The normalized spacial score (nSPS) is 10.8. The van der Waals surface area contributed by atoms with Crippen molar-refractivity contribution in [1.82, 2.24) is 4.90 Å². The van der Waals surface area contributed by atoms with Crippen molar-refractivity contribution in [3.63, 3.8) is 0 Å². The van der Waals surface area contributed by atoms with Crippen LogP contribution in [0.15, 0.2) is 60.7 Å². The van der Waals surface area contributed by atoms with Crippen LogP contribution < -0.4 is 0 Å². The molecule has 4 heteroatoms. The molecule has 0 aromatic heterocycles. The monoisotopic (exact) mass is 371 g/mol. The van der Waals surface area contributed by atoms with E-state index in [2.05, 4.69) is 30.3 Å². The molecule has 1 amide bonds. The van der Waals surface area contributed by atoms with Gasteiger partial charge in [0.1, 0.15) is 0 Å². The molecule has 0 saturated carbocycles. The Balaban J connectivity index is 1.59. The zero-order valence-electron chi connectivity index (χ0n) is 14.0. The van der Waals surface area contributed by atoms with Crippen LogP contribution in [0.3, 0.4) is 0 Å². The van der Waals surface area contributed by atoms with Crippen LogP contribution in [-0.4, -0.2) is 17.9 Å². The molecular weight excluding hydrogens is 353 g/mol. The fourth-order valence-corrected chi connectivity index (χ4v) is 3.16. The fourth-order valence-electron chi connectivity index (χ4n) is 2.84. The molecule has 0 aliphatic heterocycles. The molecule has 0 bridgehead atoms. The first-order valence-corrected chi connectivity index (χ1v) is 8.94. The minimum atomic E-state index is 0.110. The van der Waals surface area contributed by atoms with Crippen molar-refractivity contribution >= 4 is 39.9 Å². The first kappa shape index (κ1) is 17.8. The molecule has 3 aromatic carbocycles. The average Bonchev–Trinajstić information content (AvgIpc) is 2.62. The summed E-state index contributed by atoms with van der Waals surface area (Å²) in [6.07, 6.45) is 1.21. The molecule has 0 aliphatic carbocycles. The van der Waals surface area contributed by atoms with E-state index < -0.39 is 0 Å². The maximum absolute atomic E-state index is 12.4. The lowest BCUT2D eigenvalue weighted by Crippen LogP contribution is -2.26. The lowest BCUT2D eigenvalue weighted by atomic mass is 10.0. The zero-order chi connectivity index (χ0) is 17.8. The molecule has 0 spiro atoms. The van der Waals surface area contributed by atoms with Crippen molar-refractivity contribution in [2.45, 2.75) is 19.4 Å². The maximum atomic E-state index is 12.4. The number of carbonyl (C=O) groups is 1. The van der Waals surface area contributed by atoms with Crippen molar-refractivity contribution in [3.05, 3.63) is 81.8 Å². The second-order valence-electron chi connectivity index (χ2n) is 6.18. The highest BCUT2D eigenvalue weighted by molar-refractivity contribution is 6.42. The van der Waals surface area contributed by atoms with E-state index in [9.17, 15) is 4.79 Å². The molecule has 0 unspecified atom stereocenters. The Kier molecular flexibility index (Phi) is 5.62. The Morgan fingerprint density at radius 1 is 0.880 bits per heavy atom. The molecule has 3 aromatic rings. The van der Waals surface area contributed by atoms with E-state index in [-0.39, 0.29) is 5.91 Å². The third-order valence-corrected chi connectivity index (χ3v) is 5.01. The first-order valence-electron chi connectivity index (χ1n) is 8.18. The van der Waals surface area contributed by atoms with E-state index in [1.165, 1.54) is 16.3 Å². The van der Waals surface area contributed by atoms with Crippen LogP contribution in [0.25, 0.3) is 10.8 Å². The van der Waals surface area contributed by atoms with Gasteiger partial charge >= 0.3 is 0 Å². The number of nitrogens with zero attached hydrogens (tertiary/aromatic N) is 1. The maximum Gasteiger partial charge on any atom is 0.222 e. The molecule has 0 N–H and O–H groups in total. The number of halogens is 2. The third kappa shape index (κ3) is 4.53. The number of rotatable bonds is 5. The lowest BCUT2D eigenvalue weighted by Gasteiger charge is -2.17.